The van der Waals surface area contributed by atoms with Gasteiger partial charge in [-0.05, 0) is 43.4 Å². The van der Waals surface area contributed by atoms with E-state index < -0.39 is 0 Å². The summed E-state index contributed by atoms with van der Waals surface area (Å²) in [5.41, 5.74) is 5.86. The molecule has 0 bridgehead atoms. The van der Waals surface area contributed by atoms with Gasteiger partial charge in [0.15, 0.2) is 5.88 Å². The molecule has 6 nitrogen and oxygen atoms in total. The van der Waals surface area contributed by atoms with Crippen molar-refractivity contribution < 1.29 is 9.90 Å². The zero-order valence-corrected chi connectivity index (χ0v) is 20.0. The second-order valence-electron chi connectivity index (χ2n) is 8.93. The first-order chi connectivity index (χ1) is 16.3. The monoisotopic (exact) mass is 454 g/mol. The zero-order valence-electron chi connectivity index (χ0n) is 20.0. The van der Waals surface area contributed by atoms with Crippen LogP contribution in [0, 0.1) is 0 Å². The molecule has 0 saturated heterocycles. The highest BCUT2D eigenvalue weighted by Gasteiger charge is 2.19. The number of aromatic hydroxyl groups is 1. The van der Waals surface area contributed by atoms with Crippen molar-refractivity contribution in [2.75, 3.05) is 28.2 Å². The first-order valence-electron chi connectivity index (χ1n) is 11.2. The molecule has 0 aliphatic rings. The quantitative estimate of drug-likeness (QED) is 0.397. The Morgan fingerprint density at radius 3 is 2.38 bits per heavy atom. The van der Waals surface area contributed by atoms with E-state index in [-0.39, 0.29) is 11.8 Å². The minimum atomic E-state index is 0.0273. The molecule has 0 saturated carbocycles. The fourth-order valence-electron chi connectivity index (χ4n) is 3.99. The fourth-order valence-corrected chi connectivity index (χ4v) is 3.99. The summed E-state index contributed by atoms with van der Waals surface area (Å²) < 4.78 is 0. The number of hydrogen-bond donors (Lipinski definition) is 2. The van der Waals surface area contributed by atoms with Crippen molar-refractivity contribution in [2.45, 2.75) is 13.0 Å². The number of rotatable bonds is 7. The lowest BCUT2D eigenvalue weighted by Crippen LogP contribution is -2.23. The van der Waals surface area contributed by atoms with E-state index in [1.165, 1.54) is 0 Å². The number of nitrogens with one attached hydrogen (secondary N) is 1. The Hall–Kier alpha value is -3.90. The lowest BCUT2D eigenvalue weighted by atomic mass is 9.99. The van der Waals surface area contributed by atoms with Gasteiger partial charge >= 0.3 is 0 Å². The number of hydrogen-bond acceptors (Lipinski definition) is 4. The average molecular weight is 455 g/mol. The van der Waals surface area contributed by atoms with Crippen LogP contribution in [0.5, 0.6) is 5.88 Å². The Labute approximate surface area is 200 Å². The molecular weight excluding hydrogens is 424 g/mol. The van der Waals surface area contributed by atoms with E-state index in [0.717, 1.165) is 39.8 Å². The summed E-state index contributed by atoms with van der Waals surface area (Å²) in [6.45, 7) is 0.816. The number of carbonyl (C=O) groups is 1. The lowest BCUT2D eigenvalue weighted by Gasteiger charge is -2.11. The standard InChI is InChI=1S/C28H30N4O2/c1-31(2)18-20-9-8-12-22(15-20)29-27(21-10-6-5-7-11-21)26-23-14-13-19(17-25(33)32(3)4)16-24(23)30-28(26)34/h5-16,30,34H,17-18H2,1-4H3. The smallest absolute Gasteiger partial charge is 0.226 e. The number of aromatic nitrogens is 1. The number of benzene rings is 3. The molecular formula is C28H30N4O2. The van der Waals surface area contributed by atoms with Crippen LogP contribution in [0.25, 0.3) is 10.9 Å². The third kappa shape index (κ3) is 5.18. The van der Waals surface area contributed by atoms with E-state index in [1.807, 2.05) is 74.8 Å². The number of aromatic amines is 1. The van der Waals surface area contributed by atoms with E-state index in [1.54, 1.807) is 19.0 Å². The van der Waals surface area contributed by atoms with Crippen molar-refractivity contribution in [1.29, 1.82) is 0 Å². The van der Waals surface area contributed by atoms with Crippen molar-refractivity contribution >= 4 is 28.2 Å². The average Bonchev–Trinajstić information content (AvgIpc) is 3.12. The Kier molecular flexibility index (Phi) is 6.80. The minimum Gasteiger partial charge on any atom is -0.494 e. The molecule has 0 aliphatic carbocycles. The van der Waals surface area contributed by atoms with Crippen LogP contribution < -0.4 is 0 Å². The van der Waals surface area contributed by atoms with Crippen molar-refractivity contribution in [2.24, 2.45) is 4.99 Å². The predicted octanol–water partition coefficient (Wildman–Crippen LogP) is 4.73. The van der Waals surface area contributed by atoms with Crippen molar-refractivity contribution in [3.05, 3.63) is 95.1 Å². The predicted molar refractivity (Wildman–Crippen MR) is 138 cm³/mol. The highest BCUT2D eigenvalue weighted by molar-refractivity contribution is 6.21. The maximum Gasteiger partial charge on any atom is 0.226 e. The second-order valence-corrected chi connectivity index (χ2v) is 8.93. The van der Waals surface area contributed by atoms with Gasteiger partial charge in [0.1, 0.15) is 0 Å². The molecule has 1 heterocycles. The van der Waals surface area contributed by atoms with E-state index in [2.05, 4.69) is 22.0 Å². The van der Waals surface area contributed by atoms with Crippen molar-refractivity contribution in [3.63, 3.8) is 0 Å². The molecule has 2 N–H and O–H groups in total. The Morgan fingerprint density at radius 1 is 0.912 bits per heavy atom. The van der Waals surface area contributed by atoms with Gasteiger partial charge in [-0.3, -0.25) is 4.79 Å². The SMILES string of the molecule is CN(C)Cc1cccc(N=C(c2ccccc2)c2c(O)[nH]c3cc(CC(=O)N(C)C)ccc23)c1. The molecule has 4 aromatic rings. The lowest BCUT2D eigenvalue weighted by molar-refractivity contribution is -0.127. The molecule has 34 heavy (non-hydrogen) atoms. The molecule has 0 unspecified atom stereocenters. The molecule has 6 heteroatoms. The Balaban J connectivity index is 1.83. The zero-order chi connectivity index (χ0) is 24.2. The molecule has 0 aliphatic heterocycles. The molecule has 3 aromatic carbocycles. The number of likely N-dealkylation sites (N-methyl/N-ethyl adjacent to an activating group) is 1. The van der Waals surface area contributed by atoms with Crippen LogP contribution >= 0.6 is 0 Å². The van der Waals surface area contributed by atoms with Crippen LogP contribution in [0.4, 0.5) is 5.69 Å². The Morgan fingerprint density at radius 2 is 1.68 bits per heavy atom. The summed E-state index contributed by atoms with van der Waals surface area (Å²) in [4.78, 5) is 23.9. The third-order valence-corrected chi connectivity index (χ3v) is 5.63. The van der Waals surface area contributed by atoms with E-state index in [0.29, 0.717) is 17.7 Å². The van der Waals surface area contributed by atoms with Gasteiger partial charge in [0.2, 0.25) is 5.91 Å². The first kappa shape index (κ1) is 23.3. The normalized spacial score (nSPS) is 11.9. The summed E-state index contributed by atoms with van der Waals surface area (Å²) in [5.74, 6) is 0.0811. The molecule has 1 amide bonds. The van der Waals surface area contributed by atoms with Gasteiger partial charge in [0.25, 0.3) is 0 Å². The van der Waals surface area contributed by atoms with Gasteiger partial charge in [-0.1, -0.05) is 54.6 Å². The molecule has 1 aromatic heterocycles. The number of amides is 1. The number of nitrogens with zero attached hydrogens (tertiary/aromatic N) is 3. The molecule has 4 rings (SSSR count). The third-order valence-electron chi connectivity index (χ3n) is 5.63. The van der Waals surface area contributed by atoms with Gasteiger partial charge in [0, 0.05) is 37.1 Å². The summed E-state index contributed by atoms with van der Waals surface area (Å²) >= 11 is 0. The van der Waals surface area contributed by atoms with Gasteiger partial charge in [-0.15, -0.1) is 0 Å². The van der Waals surface area contributed by atoms with E-state index >= 15 is 0 Å². The maximum absolute atomic E-state index is 12.2. The first-order valence-corrected chi connectivity index (χ1v) is 11.2. The molecule has 0 atom stereocenters. The molecule has 0 spiro atoms. The molecule has 0 radical (unpaired) electrons. The Bertz CT molecular complexity index is 1340. The summed E-state index contributed by atoms with van der Waals surface area (Å²) in [7, 11) is 7.57. The van der Waals surface area contributed by atoms with Gasteiger partial charge in [-0.2, -0.15) is 0 Å². The number of carbonyl (C=O) groups excluding carboxylic acids is 1. The topological polar surface area (TPSA) is 71.9 Å². The van der Waals surface area contributed by atoms with Crippen LogP contribution in [0.1, 0.15) is 22.3 Å². The summed E-state index contributed by atoms with van der Waals surface area (Å²) in [5, 5.41) is 11.8. The van der Waals surface area contributed by atoms with Crippen LogP contribution in [0.2, 0.25) is 0 Å². The minimum absolute atomic E-state index is 0.0273. The van der Waals surface area contributed by atoms with Crippen LogP contribution in [0.15, 0.2) is 77.8 Å². The largest absolute Gasteiger partial charge is 0.494 e. The van der Waals surface area contributed by atoms with Crippen molar-refractivity contribution in [1.82, 2.24) is 14.8 Å². The van der Waals surface area contributed by atoms with Gasteiger partial charge in [0.05, 0.1) is 23.4 Å². The number of H-pyrrole nitrogens is 1. The number of aliphatic imine (C=N–C) groups is 1. The number of fused-ring (bicyclic) bond motifs is 1. The second kappa shape index (κ2) is 9.93. The van der Waals surface area contributed by atoms with Crippen LogP contribution in [-0.4, -0.2) is 59.7 Å². The van der Waals surface area contributed by atoms with Crippen LogP contribution in [-0.2, 0) is 17.8 Å². The molecule has 174 valence electrons. The van der Waals surface area contributed by atoms with Crippen LogP contribution in [0.3, 0.4) is 0 Å². The van der Waals surface area contributed by atoms with E-state index in [4.69, 9.17) is 4.99 Å². The highest BCUT2D eigenvalue weighted by Crippen LogP contribution is 2.32. The summed E-state index contributed by atoms with van der Waals surface area (Å²) in [6.07, 6.45) is 0.302. The summed E-state index contributed by atoms with van der Waals surface area (Å²) in [6, 6.07) is 23.8. The van der Waals surface area contributed by atoms with Gasteiger partial charge < -0.3 is 19.9 Å². The fraction of sp³-hybridized carbons (Fsp3) is 0.214. The van der Waals surface area contributed by atoms with E-state index in [9.17, 15) is 9.90 Å². The van der Waals surface area contributed by atoms with Crippen molar-refractivity contribution in [3.8, 4) is 5.88 Å². The van der Waals surface area contributed by atoms with Gasteiger partial charge in [-0.25, -0.2) is 4.99 Å². The highest BCUT2D eigenvalue weighted by atomic mass is 16.3. The maximum atomic E-state index is 12.2. The molecule has 0 fully saturated rings.